The summed E-state index contributed by atoms with van der Waals surface area (Å²) in [6.07, 6.45) is 0. The number of ether oxygens (including phenoxy) is 1. The van der Waals surface area contributed by atoms with Crippen LogP contribution in [0.4, 0.5) is 0 Å². The highest BCUT2D eigenvalue weighted by molar-refractivity contribution is 5.90. The number of benzene rings is 2. The van der Waals surface area contributed by atoms with E-state index in [9.17, 15) is 14.7 Å². The fourth-order valence-corrected chi connectivity index (χ4v) is 2.36. The summed E-state index contributed by atoms with van der Waals surface area (Å²) in [5, 5.41) is 9.33. The molecule has 4 nitrogen and oxygen atoms in total. The lowest BCUT2D eigenvalue weighted by molar-refractivity contribution is -0.131. The molecule has 0 aliphatic heterocycles. The minimum Gasteiger partial charge on any atom is -0.478 e. The number of hydrogen-bond donors (Lipinski definition) is 1. The Kier molecular flexibility index (Phi) is 4.22. The Morgan fingerprint density at radius 2 is 1.68 bits per heavy atom. The molecule has 0 spiro atoms. The van der Waals surface area contributed by atoms with E-state index in [1.54, 1.807) is 48.5 Å². The fraction of sp³-hybridized carbons (Fsp3) is 0.167. The van der Waals surface area contributed by atoms with Crippen LogP contribution in [-0.4, -0.2) is 17.0 Å². The van der Waals surface area contributed by atoms with Crippen LogP contribution in [0, 0.1) is 6.92 Å². The van der Waals surface area contributed by atoms with Gasteiger partial charge in [0.1, 0.15) is 5.75 Å². The Bertz CT molecular complexity index is 699. The van der Waals surface area contributed by atoms with Crippen LogP contribution in [0.1, 0.15) is 35.3 Å². The summed E-state index contributed by atoms with van der Waals surface area (Å²) < 4.78 is 5.00. The van der Waals surface area contributed by atoms with Crippen LogP contribution in [-0.2, 0) is 10.2 Å². The molecule has 1 unspecified atom stereocenters. The first-order valence-corrected chi connectivity index (χ1v) is 6.79. The third-order valence-electron chi connectivity index (χ3n) is 3.50. The maximum absolute atomic E-state index is 11.4. The first kappa shape index (κ1) is 15.6. The van der Waals surface area contributed by atoms with Gasteiger partial charge in [-0.2, -0.15) is 0 Å². The molecule has 1 N–H and O–H groups in total. The van der Waals surface area contributed by atoms with E-state index in [4.69, 9.17) is 4.74 Å². The lowest BCUT2D eigenvalue weighted by Gasteiger charge is -2.21. The third kappa shape index (κ3) is 3.11. The van der Waals surface area contributed by atoms with Crippen LogP contribution in [0.3, 0.4) is 0 Å². The predicted octanol–water partition coefficient (Wildman–Crippen LogP) is 3.45. The fourth-order valence-electron chi connectivity index (χ4n) is 2.36. The first-order chi connectivity index (χ1) is 10.3. The zero-order valence-electron chi connectivity index (χ0n) is 12.5. The van der Waals surface area contributed by atoms with Crippen LogP contribution in [0.2, 0.25) is 0 Å². The molecule has 0 amide bonds. The maximum Gasteiger partial charge on any atom is 0.336 e. The van der Waals surface area contributed by atoms with Crippen molar-refractivity contribution in [1.82, 2.24) is 0 Å². The molecule has 2 rings (SSSR count). The second kappa shape index (κ2) is 5.93. The second-order valence-electron chi connectivity index (χ2n) is 5.30. The highest BCUT2D eigenvalue weighted by Crippen LogP contribution is 2.34. The standard InChI is InChI=1S/C18H16O4/c1-12(19)22-14-10-8-13(9-11-14)18(2,3)16-7-5-4-6-15(16)17(20)21/h4-11H,2H2,1,3H3/p+1. The maximum atomic E-state index is 11.4. The van der Waals surface area contributed by atoms with Gasteiger partial charge in [0.2, 0.25) is 0 Å². The summed E-state index contributed by atoms with van der Waals surface area (Å²) in [7, 11) is 0. The van der Waals surface area contributed by atoms with Crippen LogP contribution in [0.15, 0.2) is 48.5 Å². The van der Waals surface area contributed by atoms with Gasteiger partial charge in [-0.1, -0.05) is 30.3 Å². The smallest absolute Gasteiger partial charge is 0.336 e. The molecule has 1 atom stereocenters. The Morgan fingerprint density at radius 3 is 2.23 bits per heavy atom. The average Bonchev–Trinajstić information content (AvgIpc) is 2.47. The van der Waals surface area contributed by atoms with E-state index in [2.05, 4.69) is 6.92 Å². The Morgan fingerprint density at radius 1 is 1.09 bits per heavy atom. The molecule has 4 heteroatoms. The molecule has 0 saturated carbocycles. The molecule has 0 aromatic heterocycles. The van der Waals surface area contributed by atoms with Gasteiger partial charge in [0, 0.05) is 18.1 Å². The molecule has 0 radical (unpaired) electrons. The van der Waals surface area contributed by atoms with Gasteiger partial charge >= 0.3 is 11.9 Å². The average molecular weight is 297 g/mol. The summed E-state index contributed by atoms with van der Waals surface area (Å²) >= 11 is 0. The topological polar surface area (TPSA) is 63.6 Å². The minimum absolute atomic E-state index is 0.226. The van der Waals surface area contributed by atoms with Crippen LogP contribution in [0.5, 0.6) is 5.75 Å². The van der Waals surface area contributed by atoms with E-state index in [1.165, 1.54) is 6.92 Å². The van der Waals surface area contributed by atoms with Crippen molar-refractivity contribution in [3.8, 4) is 5.75 Å². The zero-order valence-corrected chi connectivity index (χ0v) is 12.5. The lowest BCUT2D eigenvalue weighted by atomic mass is 9.76. The van der Waals surface area contributed by atoms with E-state index in [0.29, 0.717) is 11.3 Å². The van der Waals surface area contributed by atoms with Crippen LogP contribution >= 0.6 is 0 Å². The van der Waals surface area contributed by atoms with E-state index in [-0.39, 0.29) is 11.5 Å². The number of carbonyl (C=O) groups is 2. The second-order valence-corrected chi connectivity index (χ2v) is 5.30. The summed E-state index contributed by atoms with van der Waals surface area (Å²) in [5.74, 6) is -0.929. The van der Waals surface area contributed by atoms with E-state index in [1.807, 2.05) is 6.92 Å². The molecule has 0 heterocycles. The molecular weight excluding hydrogens is 280 g/mol. The zero-order chi connectivity index (χ0) is 16.3. The minimum atomic E-state index is -0.984. The quantitative estimate of drug-likeness (QED) is 0.533. The van der Waals surface area contributed by atoms with Gasteiger partial charge in [-0.15, -0.1) is 0 Å². The molecule has 2 aromatic rings. The van der Waals surface area contributed by atoms with Gasteiger partial charge < -0.3 is 9.84 Å². The van der Waals surface area contributed by atoms with Crippen molar-refractivity contribution < 1.29 is 19.4 Å². The van der Waals surface area contributed by atoms with Crippen molar-refractivity contribution in [3.63, 3.8) is 0 Å². The third-order valence-corrected chi connectivity index (χ3v) is 3.50. The van der Waals surface area contributed by atoms with E-state index < -0.39 is 11.4 Å². The molecule has 2 aromatic carbocycles. The van der Waals surface area contributed by atoms with Crippen molar-refractivity contribution in [3.05, 3.63) is 72.1 Å². The van der Waals surface area contributed by atoms with E-state index in [0.717, 1.165) is 5.56 Å². The molecule has 0 aliphatic rings. The number of esters is 1. The van der Waals surface area contributed by atoms with Gasteiger partial charge in [-0.05, 0) is 25.1 Å². The normalized spacial score (nSPS) is 13.2. The van der Waals surface area contributed by atoms with Crippen LogP contribution < -0.4 is 4.74 Å². The number of carboxylic acids is 1. The molecule has 0 bridgehead atoms. The molecule has 22 heavy (non-hydrogen) atoms. The number of carbonyl (C=O) groups excluding carboxylic acids is 1. The molecule has 112 valence electrons. The van der Waals surface area contributed by atoms with Crippen molar-refractivity contribution in [1.29, 1.82) is 0 Å². The largest absolute Gasteiger partial charge is 0.478 e. The van der Waals surface area contributed by atoms with Crippen molar-refractivity contribution in [2.45, 2.75) is 19.3 Å². The highest BCUT2D eigenvalue weighted by Gasteiger charge is 2.34. The predicted molar refractivity (Wildman–Crippen MR) is 83.0 cm³/mol. The van der Waals surface area contributed by atoms with Gasteiger partial charge in [0.25, 0.3) is 0 Å². The number of rotatable bonds is 4. The first-order valence-electron chi connectivity index (χ1n) is 6.79. The SMILES string of the molecule is [CH2+]C(C)(c1ccc(OC(C)=O)cc1)c1ccccc1C(=O)O. The summed E-state index contributed by atoms with van der Waals surface area (Å²) in [6.45, 7) is 7.37. The molecular formula is C18H17O4+. The Labute approximate surface area is 129 Å². The molecule has 0 aliphatic carbocycles. The van der Waals surface area contributed by atoms with Crippen molar-refractivity contribution in [2.75, 3.05) is 0 Å². The summed E-state index contributed by atoms with van der Waals surface area (Å²) in [4.78, 5) is 22.3. The Balaban J connectivity index is 2.42. The van der Waals surface area contributed by atoms with E-state index >= 15 is 0 Å². The Hall–Kier alpha value is -2.75. The van der Waals surface area contributed by atoms with Gasteiger partial charge in [0.05, 0.1) is 12.5 Å². The van der Waals surface area contributed by atoms with Gasteiger partial charge in [-0.25, -0.2) is 4.79 Å². The summed E-state index contributed by atoms with van der Waals surface area (Å²) in [5.41, 5.74) is 0.952. The molecule has 0 saturated heterocycles. The summed E-state index contributed by atoms with van der Waals surface area (Å²) in [6, 6.07) is 13.7. The molecule has 0 fully saturated rings. The van der Waals surface area contributed by atoms with Gasteiger partial charge in [-0.3, -0.25) is 4.79 Å². The number of aromatic carboxylic acids is 1. The van der Waals surface area contributed by atoms with Crippen LogP contribution in [0.25, 0.3) is 0 Å². The number of carboxylic acid groups (broad SMARTS) is 1. The van der Waals surface area contributed by atoms with Gasteiger partial charge in [0.15, 0.2) is 5.41 Å². The van der Waals surface area contributed by atoms with Crippen molar-refractivity contribution >= 4 is 11.9 Å². The van der Waals surface area contributed by atoms with Crippen molar-refractivity contribution in [2.24, 2.45) is 0 Å². The monoisotopic (exact) mass is 297 g/mol. The number of hydrogen-bond acceptors (Lipinski definition) is 3. The highest BCUT2D eigenvalue weighted by atomic mass is 16.5. The lowest BCUT2D eigenvalue weighted by Crippen LogP contribution is -2.22.